The van der Waals surface area contributed by atoms with Crippen LogP contribution >= 0.6 is 0 Å². The minimum Gasteiger partial charge on any atom is -0.462 e. The molecule has 0 aliphatic rings. The van der Waals surface area contributed by atoms with Gasteiger partial charge in [-0.2, -0.15) is 0 Å². The van der Waals surface area contributed by atoms with Crippen molar-refractivity contribution in [2.75, 3.05) is 18.5 Å². The predicted molar refractivity (Wildman–Crippen MR) is 71.8 cm³/mol. The molecule has 0 spiro atoms. The number of aromatic nitrogens is 1. The van der Waals surface area contributed by atoms with Crippen LogP contribution in [0.3, 0.4) is 0 Å². The van der Waals surface area contributed by atoms with Crippen LogP contribution in [0.15, 0.2) is 18.3 Å². The molecular formula is C14H14F2N2O2. The summed E-state index contributed by atoms with van der Waals surface area (Å²) in [4.78, 5) is 15.8. The van der Waals surface area contributed by atoms with Crippen molar-refractivity contribution in [2.45, 2.75) is 13.8 Å². The van der Waals surface area contributed by atoms with Crippen molar-refractivity contribution in [1.82, 2.24) is 4.98 Å². The van der Waals surface area contributed by atoms with E-state index in [4.69, 9.17) is 4.74 Å². The summed E-state index contributed by atoms with van der Waals surface area (Å²) in [7, 11) is 0. The van der Waals surface area contributed by atoms with Gasteiger partial charge in [0.1, 0.15) is 17.2 Å². The van der Waals surface area contributed by atoms with Gasteiger partial charge < -0.3 is 10.1 Å². The van der Waals surface area contributed by atoms with Crippen molar-refractivity contribution in [3.05, 3.63) is 35.5 Å². The molecule has 1 aromatic heterocycles. The minimum absolute atomic E-state index is 0.0822. The maximum atomic E-state index is 14.0. The van der Waals surface area contributed by atoms with Crippen LogP contribution in [0.4, 0.5) is 14.5 Å². The maximum Gasteiger partial charge on any atom is 0.341 e. The van der Waals surface area contributed by atoms with E-state index < -0.39 is 17.6 Å². The summed E-state index contributed by atoms with van der Waals surface area (Å²) in [6.45, 7) is 4.16. The van der Waals surface area contributed by atoms with Gasteiger partial charge in [-0.15, -0.1) is 0 Å². The van der Waals surface area contributed by atoms with Gasteiger partial charge >= 0.3 is 5.97 Å². The topological polar surface area (TPSA) is 51.2 Å². The van der Waals surface area contributed by atoms with Gasteiger partial charge in [-0.1, -0.05) is 0 Å². The first-order valence-electron chi connectivity index (χ1n) is 6.27. The molecule has 0 saturated heterocycles. The van der Waals surface area contributed by atoms with Crippen LogP contribution in [0.25, 0.3) is 10.9 Å². The normalized spacial score (nSPS) is 10.6. The number of fused-ring (bicyclic) bond motifs is 1. The number of carbonyl (C=O) groups is 1. The van der Waals surface area contributed by atoms with Gasteiger partial charge in [-0.05, 0) is 13.8 Å². The van der Waals surface area contributed by atoms with E-state index in [1.54, 1.807) is 6.92 Å². The Morgan fingerprint density at radius 1 is 1.35 bits per heavy atom. The lowest BCUT2D eigenvalue weighted by Crippen LogP contribution is -2.11. The SMILES string of the molecule is CCNc1c(C(=O)OCC)cnc2cc(F)cc(F)c12. The second-order valence-corrected chi connectivity index (χ2v) is 4.08. The lowest BCUT2D eigenvalue weighted by atomic mass is 10.1. The molecule has 6 heteroatoms. The third-order valence-corrected chi connectivity index (χ3v) is 2.74. The molecule has 20 heavy (non-hydrogen) atoms. The Kier molecular flexibility index (Phi) is 4.12. The molecule has 0 aliphatic carbocycles. The Morgan fingerprint density at radius 2 is 2.10 bits per heavy atom. The van der Waals surface area contributed by atoms with Gasteiger partial charge in [-0.3, -0.25) is 4.98 Å². The molecule has 2 aromatic rings. The Bertz CT molecular complexity index is 659. The van der Waals surface area contributed by atoms with Crippen LogP contribution in [0.1, 0.15) is 24.2 Å². The standard InChI is InChI=1S/C14H14F2N2O2/c1-3-17-13-9(14(19)20-4-2)7-18-11-6-8(15)5-10(16)12(11)13/h5-7H,3-4H2,1-2H3,(H,17,18). The van der Waals surface area contributed by atoms with Crippen molar-refractivity contribution in [1.29, 1.82) is 0 Å². The first-order chi connectivity index (χ1) is 9.58. The number of hydrogen-bond donors (Lipinski definition) is 1. The van der Waals surface area contributed by atoms with Gasteiger partial charge in [0, 0.05) is 24.9 Å². The zero-order valence-electron chi connectivity index (χ0n) is 11.2. The number of anilines is 1. The first kappa shape index (κ1) is 14.2. The van der Waals surface area contributed by atoms with E-state index in [0.717, 1.165) is 12.1 Å². The fourth-order valence-corrected chi connectivity index (χ4v) is 1.97. The molecule has 0 unspecified atom stereocenters. The van der Waals surface area contributed by atoms with E-state index in [-0.39, 0.29) is 28.8 Å². The van der Waals surface area contributed by atoms with Crippen molar-refractivity contribution in [2.24, 2.45) is 0 Å². The van der Waals surface area contributed by atoms with Crippen LogP contribution in [0, 0.1) is 11.6 Å². The Morgan fingerprint density at radius 3 is 2.75 bits per heavy atom. The van der Waals surface area contributed by atoms with Crippen LogP contribution in [-0.2, 0) is 4.74 Å². The average Bonchev–Trinajstić information content (AvgIpc) is 2.38. The molecule has 1 heterocycles. The summed E-state index contributed by atoms with van der Waals surface area (Å²) in [6.07, 6.45) is 1.26. The second-order valence-electron chi connectivity index (χ2n) is 4.08. The molecule has 1 N–H and O–H groups in total. The fourth-order valence-electron chi connectivity index (χ4n) is 1.97. The summed E-state index contributed by atoms with van der Waals surface area (Å²) < 4.78 is 32.1. The van der Waals surface area contributed by atoms with Crippen LogP contribution < -0.4 is 5.32 Å². The highest BCUT2D eigenvalue weighted by atomic mass is 19.1. The van der Waals surface area contributed by atoms with E-state index in [2.05, 4.69) is 10.3 Å². The smallest absolute Gasteiger partial charge is 0.341 e. The first-order valence-corrected chi connectivity index (χ1v) is 6.27. The number of esters is 1. The molecule has 0 saturated carbocycles. The summed E-state index contributed by atoms with van der Waals surface area (Å²) in [5.41, 5.74) is 0.548. The monoisotopic (exact) mass is 280 g/mol. The van der Waals surface area contributed by atoms with Crippen LogP contribution in [-0.4, -0.2) is 24.1 Å². The molecule has 0 amide bonds. The van der Waals surface area contributed by atoms with E-state index in [1.165, 1.54) is 6.20 Å². The maximum absolute atomic E-state index is 14.0. The van der Waals surface area contributed by atoms with Crippen molar-refractivity contribution in [3.8, 4) is 0 Å². The van der Waals surface area contributed by atoms with Gasteiger partial charge in [0.2, 0.25) is 0 Å². The zero-order valence-corrected chi connectivity index (χ0v) is 11.2. The van der Waals surface area contributed by atoms with E-state index >= 15 is 0 Å². The molecule has 0 bridgehead atoms. The molecule has 2 rings (SSSR count). The van der Waals surface area contributed by atoms with Crippen LogP contribution in [0.5, 0.6) is 0 Å². The van der Waals surface area contributed by atoms with Crippen molar-refractivity contribution in [3.63, 3.8) is 0 Å². The third-order valence-electron chi connectivity index (χ3n) is 2.74. The number of benzene rings is 1. The number of rotatable bonds is 4. The third kappa shape index (κ3) is 2.54. The molecule has 1 aromatic carbocycles. The summed E-state index contributed by atoms with van der Waals surface area (Å²) in [5.74, 6) is -2.08. The zero-order chi connectivity index (χ0) is 14.7. The molecule has 106 valence electrons. The molecule has 0 radical (unpaired) electrons. The predicted octanol–water partition coefficient (Wildman–Crippen LogP) is 3.12. The van der Waals surface area contributed by atoms with Crippen molar-refractivity contribution >= 4 is 22.6 Å². The van der Waals surface area contributed by atoms with Gasteiger partial charge in [0.05, 0.1) is 23.2 Å². The number of ether oxygens (including phenoxy) is 1. The van der Waals surface area contributed by atoms with Crippen LogP contribution in [0.2, 0.25) is 0 Å². The Labute approximate surface area is 114 Å². The fraction of sp³-hybridized carbons (Fsp3) is 0.286. The van der Waals surface area contributed by atoms with Gasteiger partial charge in [0.25, 0.3) is 0 Å². The summed E-state index contributed by atoms with van der Waals surface area (Å²) >= 11 is 0. The number of nitrogens with one attached hydrogen (secondary N) is 1. The molecule has 0 atom stereocenters. The minimum atomic E-state index is -0.769. The van der Waals surface area contributed by atoms with Crippen molar-refractivity contribution < 1.29 is 18.3 Å². The Hall–Kier alpha value is -2.24. The molecular weight excluding hydrogens is 266 g/mol. The van der Waals surface area contributed by atoms with Gasteiger partial charge in [-0.25, -0.2) is 13.6 Å². The average molecular weight is 280 g/mol. The summed E-state index contributed by atoms with van der Waals surface area (Å²) in [6, 6.07) is 1.88. The molecule has 0 fully saturated rings. The Balaban J connectivity index is 2.71. The second kappa shape index (κ2) is 5.81. The largest absolute Gasteiger partial charge is 0.462 e. The number of carbonyl (C=O) groups excluding carboxylic acids is 1. The van der Waals surface area contributed by atoms with E-state index in [1.807, 2.05) is 6.92 Å². The van der Waals surface area contributed by atoms with Gasteiger partial charge in [0.15, 0.2) is 0 Å². The van der Waals surface area contributed by atoms with E-state index in [0.29, 0.717) is 6.54 Å². The number of pyridine rings is 1. The molecule has 4 nitrogen and oxygen atoms in total. The molecule has 0 aliphatic heterocycles. The quantitative estimate of drug-likeness (QED) is 0.874. The number of nitrogens with zero attached hydrogens (tertiary/aromatic N) is 1. The number of halogens is 2. The lowest BCUT2D eigenvalue weighted by Gasteiger charge is -2.13. The highest BCUT2D eigenvalue weighted by Gasteiger charge is 2.19. The van der Waals surface area contributed by atoms with E-state index in [9.17, 15) is 13.6 Å². The lowest BCUT2D eigenvalue weighted by molar-refractivity contribution is 0.0527. The summed E-state index contributed by atoms with van der Waals surface area (Å²) in [5, 5.41) is 3.00. The highest BCUT2D eigenvalue weighted by Crippen LogP contribution is 2.29. The number of hydrogen-bond acceptors (Lipinski definition) is 4. The highest BCUT2D eigenvalue weighted by molar-refractivity contribution is 6.05.